The quantitative estimate of drug-likeness (QED) is 0.685. The Kier molecular flexibility index (Phi) is 4.73. The van der Waals surface area contributed by atoms with E-state index in [1.165, 1.54) is 0 Å². The van der Waals surface area contributed by atoms with Crippen molar-refractivity contribution in [3.8, 4) is 0 Å². The molecule has 0 spiro atoms. The van der Waals surface area contributed by atoms with Crippen molar-refractivity contribution in [1.29, 1.82) is 0 Å². The molecule has 0 bridgehead atoms. The summed E-state index contributed by atoms with van der Waals surface area (Å²) in [5, 5.41) is 0.460. The number of benzene rings is 1. The van der Waals surface area contributed by atoms with E-state index in [9.17, 15) is 4.79 Å². The maximum atomic E-state index is 12.1. The van der Waals surface area contributed by atoms with Gasteiger partial charge in [-0.15, -0.1) is 0 Å². The number of anilines is 2. The van der Waals surface area contributed by atoms with Crippen LogP contribution in [0.5, 0.6) is 0 Å². The first-order valence-corrected chi connectivity index (χ1v) is 7.03. The first kappa shape index (κ1) is 14.9. The summed E-state index contributed by atoms with van der Waals surface area (Å²) in [5.74, 6) is -0.407. The van der Waals surface area contributed by atoms with Crippen LogP contribution in [0.4, 0.5) is 11.4 Å². The first-order valence-electron chi connectivity index (χ1n) is 6.65. The molecule has 1 atom stereocenters. The standard InChI is InChI=1S/C14H19ClN2O3/c1-3-19-14(18)11-6-10(16)7-12(15)13(11)17-4-5-20-9(2)8-17/h6-7,9H,3-5,8,16H2,1-2H3. The number of morpholine rings is 1. The Morgan fingerprint density at radius 3 is 3.00 bits per heavy atom. The molecular formula is C14H19ClN2O3. The van der Waals surface area contributed by atoms with E-state index in [1.807, 2.05) is 11.8 Å². The summed E-state index contributed by atoms with van der Waals surface area (Å²) in [6, 6.07) is 3.26. The molecule has 0 amide bonds. The van der Waals surface area contributed by atoms with Crippen LogP contribution < -0.4 is 10.6 Å². The topological polar surface area (TPSA) is 64.8 Å². The zero-order chi connectivity index (χ0) is 14.7. The van der Waals surface area contributed by atoms with Crippen molar-refractivity contribution in [3.05, 3.63) is 22.7 Å². The average Bonchev–Trinajstić information content (AvgIpc) is 2.38. The third-order valence-electron chi connectivity index (χ3n) is 3.14. The van der Waals surface area contributed by atoms with Gasteiger partial charge in [-0.2, -0.15) is 0 Å². The van der Waals surface area contributed by atoms with Gasteiger partial charge in [0, 0.05) is 18.8 Å². The van der Waals surface area contributed by atoms with Crippen molar-refractivity contribution in [2.24, 2.45) is 0 Å². The van der Waals surface area contributed by atoms with Gasteiger partial charge in [0.05, 0.1) is 35.6 Å². The van der Waals surface area contributed by atoms with Gasteiger partial charge in [0.1, 0.15) is 0 Å². The van der Waals surface area contributed by atoms with Gasteiger partial charge in [-0.25, -0.2) is 4.79 Å². The van der Waals surface area contributed by atoms with E-state index in [0.717, 1.165) is 0 Å². The summed E-state index contributed by atoms with van der Waals surface area (Å²) in [6.45, 7) is 6.02. The fourth-order valence-electron chi connectivity index (χ4n) is 2.33. The van der Waals surface area contributed by atoms with Gasteiger partial charge >= 0.3 is 5.97 Å². The van der Waals surface area contributed by atoms with Gasteiger partial charge in [-0.05, 0) is 26.0 Å². The smallest absolute Gasteiger partial charge is 0.340 e. The Morgan fingerprint density at radius 1 is 1.60 bits per heavy atom. The second-order valence-corrected chi connectivity index (χ2v) is 5.15. The van der Waals surface area contributed by atoms with Crippen LogP contribution in [-0.2, 0) is 9.47 Å². The molecule has 0 radical (unpaired) electrons. The molecule has 0 aromatic heterocycles. The van der Waals surface area contributed by atoms with Gasteiger partial charge < -0.3 is 20.1 Å². The maximum absolute atomic E-state index is 12.1. The molecule has 2 rings (SSSR count). The van der Waals surface area contributed by atoms with Gasteiger partial charge in [0.25, 0.3) is 0 Å². The molecule has 1 heterocycles. The van der Waals surface area contributed by atoms with E-state index in [2.05, 4.69) is 0 Å². The normalized spacial score (nSPS) is 18.9. The summed E-state index contributed by atoms with van der Waals surface area (Å²) >= 11 is 6.29. The number of nitrogens with two attached hydrogens (primary N) is 1. The lowest BCUT2D eigenvalue weighted by molar-refractivity contribution is 0.0501. The maximum Gasteiger partial charge on any atom is 0.340 e. The second kappa shape index (κ2) is 6.33. The number of nitrogens with zero attached hydrogens (tertiary/aromatic N) is 1. The number of carbonyl (C=O) groups is 1. The number of hydrogen-bond donors (Lipinski definition) is 1. The number of carbonyl (C=O) groups excluding carboxylic acids is 1. The predicted octanol–water partition coefficient (Wildman–Crippen LogP) is 2.32. The van der Waals surface area contributed by atoms with E-state index >= 15 is 0 Å². The molecule has 2 N–H and O–H groups in total. The molecular weight excluding hydrogens is 280 g/mol. The molecule has 1 aromatic carbocycles. The minimum absolute atomic E-state index is 0.0902. The van der Waals surface area contributed by atoms with Crippen molar-refractivity contribution in [2.45, 2.75) is 20.0 Å². The molecule has 1 fully saturated rings. The van der Waals surface area contributed by atoms with Crippen LogP contribution in [0.2, 0.25) is 5.02 Å². The fraction of sp³-hybridized carbons (Fsp3) is 0.500. The molecule has 0 aliphatic carbocycles. The number of esters is 1. The highest BCUT2D eigenvalue weighted by Gasteiger charge is 2.25. The van der Waals surface area contributed by atoms with Crippen LogP contribution in [0.1, 0.15) is 24.2 Å². The molecule has 1 aliphatic rings. The van der Waals surface area contributed by atoms with Gasteiger partial charge in [-0.3, -0.25) is 0 Å². The lowest BCUT2D eigenvalue weighted by Gasteiger charge is -2.34. The molecule has 1 saturated heterocycles. The summed E-state index contributed by atoms with van der Waals surface area (Å²) in [7, 11) is 0. The average molecular weight is 299 g/mol. The zero-order valence-electron chi connectivity index (χ0n) is 11.7. The highest BCUT2D eigenvalue weighted by Crippen LogP contribution is 2.34. The van der Waals surface area contributed by atoms with Crippen molar-refractivity contribution in [3.63, 3.8) is 0 Å². The molecule has 1 aliphatic heterocycles. The van der Waals surface area contributed by atoms with Crippen molar-refractivity contribution >= 4 is 28.9 Å². The number of rotatable bonds is 3. The largest absolute Gasteiger partial charge is 0.462 e. The Labute approximate surface area is 123 Å². The summed E-state index contributed by atoms with van der Waals surface area (Å²) < 4.78 is 10.6. The number of nitrogen functional groups attached to an aromatic ring is 1. The molecule has 1 aromatic rings. The number of halogens is 1. The van der Waals surface area contributed by atoms with Gasteiger partial charge in [0.15, 0.2) is 0 Å². The third-order valence-corrected chi connectivity index (χ3v) is 3.43. The molecule has 1 unspecified atom stereocenters. The monoisotopic (exact) mass is 298 g/mol. The third kappa shape index (κ3) is 3.16. The lowest BCUT2D eigenvalue weighted by Crippen LogP contribution is -2.42. The minimum Gasteiger partial charge on any atom is -0.462 e. The Balaban J connectivity index is 2.41. The Morgan fingerprint density at radius 2 is 2.35 bits per heavy atom. The van der Waals surface area contributed by atoms with Gasteiger partial charge in [-0.1, -0.05) is 11.6 Å². The van der Waals surface area contributed by atoms with E-state index < -0.39 is 5.97 Å². The second-order valence-electron chi connectivity index (χ2n) is 4.75. The first-order chi connectivity index (χ1) is 9.52. The highest BCUT2D eigenvalue weighted by atomic mass is 35.5. The van der Waals surface area contributed by atoms with Crippen LogP contribution in [-0.4, -0.2) is 38.4 Å². The molecule has 6 heteroatoms. The minimum atomic E-state index is -0.407. The predicted molar refractivity (Wildman–Crippen MR) is 79.4 cm³/mol. The molecule has 5 nitrogen and oxygen atoms in total. The SMILES string of the molecule is CCOC(=O)c1cc(N)cc(Cl)c1N1CCOC(C)C1. The number of hydrogen-bond acceptors (Lipinski definition) is 5. The van der Waals surface area contributed by atoms with Gasteiger partial charge in [0.2, 0.25) is 0 Å². The van der Waals surface area contributed by atoms with Crippen molar-refractivity contribution < 1.29 is 14.3 Å². The van der Waals surface area contributed by atoms with E-state index in [-0.39, 0.29) is 6.10 Å². The van der Waals surface area contributed by atoms with Crippen LogP contribution >= 0.6 is 11.6 Å². The van der Waals surface area contributed by atoms with Crippen LogP contribution in [0.3, 0.4) is 0 Å². The molecule has 20 heavy (non-hydrogen) atoms. The summed E-state index contributed by atoms with van der Waals surface area (Å²) in [4.78, 5) is 14.1. The zero-order valence-corrected chi connectivity index (χ0v) is 12.4. The summed E-state index contributed by atoms with van der Waals surface area (Å²) in [5.41, 5.74) is 7.31. The Bertz CT molecular complexity index is 507. The van der Waals surface area contributed by atoms with E-state index in [4.69, 9.17) is 26.8 Å². The van der Waals surface area contributed by atoms with E-state index in [1.54, 1.807) is 19.1 Å². The summed E-state index contributed by atoms with van der Waals surface area (Å²) in [6.07, 6.45) is 0.0902. The highest BCUT2D eigenvalue weighted by molar-refractivity contribution is 6.34. The number of ether oxygens (including phenoxy) is 2. The van der Waals surface area contributed by atoms with Crippen LogP contribution in [0, 0.1) is 0 Å². The Hall–Kier alpha value is -1.46. The molecule has 0 saturated carbocycles. The van der Waals surface area contributed by atoms with Crippen molar-refractivity contribution in [1.82, 2.24) is 0 Å². The fourth-order valence-corrected chi connectivity index (χ4v) is 2.67. The van der Waals surface area contributed by atoms with Crippen LogP contribution in [0.15, 0.2) is 12.1 Å². The molecule has 110 valence electrons. The van der Waals surface area contributed by atoms with Crippen LogP contribution in [0.25, 0.3) is 0 Å². The van der Waals surface area contributed by atoms with E-state index in [0.29, 0.717) is 48.3 Å². The van der Waals surface area contributed by atoms with Crippen molar-refractivity contribution in [2.75, 3.05) is 36.9 Å². The lowest BCUT2D eigenvalue weighted by atomic mass is 10.1.